The molecule has 0 aromatic heterocycles. The molecule has 0 aliphatic carbocycles. The normalized spacial score (nSPS) is 14.4. The number of rotatable bonds is 30. The third-order valence-corrected chi connectivity index (χ3v) is 9.17. The Hall–Kier alpha value is -6.11. The molecule has 364 valence electrons. The Labute approximate surface area is 372 Å². The molecule has 25 nitrogen and oxygen atoms in total. The molecule has 7 atom stereocenters. The van der Waals surface area contributed by atoms with Crippen LogP contribution in [0.1, 0.15) is 87.5 Å². The number of aliphatic hydroxyl groups excluding tert-OH is 1. The number of aliphatic imine (C=N–C) groups is 1. The summed E-state index contributed by atoms with van der Waals surface area (Å²) in [6, 6.07) is -9.45. The third kappa shape index (κ3) is 23.4. The summed E-state index contributed by atoms with van der Waals surface area (Å²) >= 11 is 0. The van der Waals surface area contributed by atoms with Crippen LogP contribution in [0.2, 0.25) is 0 Å². The summed E-state index contributed by atoms with van der Waals surface area (Å²) in [6.07, 6.45) is -0.257. The van der Waals surface area contributed by atoms with Gasteiger partial charge in [0.1, 0.15) is 36.3 Å². The van der Waals surface area contributed by atoms with Gasteiger partial charge in [-0.05, 0) is 49.4 Å². The Kier molecular flexibility index (Phi) is 26.5. The van der Waals surface area contributed by atoms with Crippen molar-refractivity contribution in [2.75, 3.05) is 26.2 Å². The van der Waals surface area contributed by atoms with Crippen LogP contribution in [0, 0.1) is 23.7 Å². The molecule has 64 heavy (non-hydrogen) atoms. The second-order valence-corrected chi connectivity index (χ2v) is 16.7. The lowest BCUT2D eigenvalue weighted by Gasteiger charge is -2.26. The molecule has 0 aliphatic heterocycles. The van der Waals surface area contributed by atoms with Gasteiger partial charge < -0.3 is 75.1 Å². The number of guanidine groups is 1. The minimum atomic E-state index is -1.83. The number of hydrogen-bond acceptors (Lipinski definition) is 13. The molecule has 0 radical (unpaired) electrons. The van der Waals surface area contributed by atoms with E-state index in [1.54, 1.807) is 55.4 Å². The van der Waals surface area contributed by atoms with Crippen molar-refractivity contribution in [3.63, 3.8) is 0 Å². The average molecular weight is 915 g/mol. The Morgan fingerprint density at radius 1 is 0.547 bits per heavy atom. The number of carboxylic acid groups (broad SMARTS) is 2. The highest BCUT2D eigenvalue weighted by Gasteiger charge is 2.33. The van der Waals surface area contributed by atoms with E-state index >= 15 is 0 Å². The zero-order chi connectivity index (χ0) is 49.4. The lowest BCUT2D eigenvalue weighted by molar-refractivity contribution is -0.143. The summed E-state index contributed by atoms with van der Waals surface area (Å²) in [5.74, 6) is -11.4. The maximum atomic E-state index is 13.4. The van der Waals surface area contributed by atoms with Crippen molar-refractivity contribution in [1.82, 2.24) is 42.5 Å². The number of nitrogens with zero attached hydrogens (tertiary/aromatic N) is 1. The number of aliphatic hydroxyl groups is 1. The molecule has 0 fully saturated rings. The first kappa shape index (κ1) is 57.9. The van der Waals surface area contributed by atoms with Crippen molar-refractivity contribution < 1.29 is 63.3 Å². The summed E-state index contributed by atoms with van der Waals surface area (Å²) in [7, 11) is 0. The topological polar surface area (TPSA) is 418 Å². The molecule has 0 aliphatic rings. The van der Waals surface area contributed by atoms with Gasteiger partial charge in [0.15, 0.2) is 5.96 Å². The average Bonchev–Trinajstić information content (AvgIpc) is 3.18. The van der Waals surface area contributed by atoms with Crippen LogP contribution in [0.5, 0.6) is 0 Å². The molecule has 17 N–H and O–H groups in total. The standard InChI is InChI=1S/C39H70N12O13/c1-18(2)12-23(33(58)44-16-28(54)51-31(21(7)8)38(63)64)48-37(62)30(20(5)6)50-27(53)15-45-34(59)25(14-29(55)56)47-36(61)26(17-52)49-35(60)24(13-19(3)4)46-32(57)22(40)10-9-11-43-39(41)42/h18-26,30-31,52H,9-17,40H2,1-8H3,(H,44,58)(H,45,59)(H,46,57)(H,47,61)(H,48,62)(H,49,60)(H,50,53)(H,51,54)(H,55,56)(H,63,64)(H4,41,42,43)/t22-,23-,24-,25-,26-,30-,31-/m0/s1. The molecule has 8 amide bonds. The molecule has 0 saturated carbocycles. The second kappa shape index (κ2) is 29.3. The molecular weight excluding hydrogens is 844 g/mol. The first-order valence-electron chi connectivity index (χ1n) is 20.9. The number of aliphatic carboxylic acids is 2. The van der Waals surface area contributed by atoms with Crippen LogP contribution in [0.25, 0.3) is 0 Å². The van der Waals surface area contributed by atoms with Gasteiger partial charge >= 0.3 is 11.9 Å². The Morgan fingerprint density at radius 2 is 0.969 bits per heavy atom. The zero-order valence-electron chi connectivity index (χ0n) is 37.8. The van der Waals surface area contributed by atoms with Gasteiger partial charge in [-0.2, -0.15) is 0 Å². The van der Waals surface area contributed by atoms with Crippen LogP contribution in [0.3, 0.4) is 0 Å². The first-order chi connectivity index (χ1) is 29.7. The maximum absolute atomic E-state index is 13.4. The fourth-order valence-electron chi connectivity index (χ4n) is 5.80. The Balaban J connectivity index is 5.72. The fourth-order valence-corrected chi connectivity index (χ4v) is 5.80. The van der Waals surface area contributed by atoms with Gasteiger partial charge in [0.05, 0.1) is 32.2 Å². The number of nitrogens with two attached hydrogens (primary N) is 3. The van der Waals surface area contributed by atoms with Crippen LogP contribution in [-0.2, 0) is 47.9 Å². The third-order valence-electron chi connectivity index (χ3n) is 9.17. The highest BCUT2D eigenvalue weighted by molar-refractivity contribution is 5.98. The summed E-state index contributed by atoms with van der Waals surface area (Å²) in [6.45, 7) is 11.2. The molecule has 0 rings (SSSR count). The summed E-state index contributed by atoms with van der Waals surface area (Å²) < 4.78 is 0. The Bertz CT molecular complexity index is 1650. The number of amides is 8. The molecule has 0 saturated heterocycles. The molecule has 0 spiro atoms. The van der Waals surface area contributed by atoms with Gasteiger partial charge in [-0.25, -0.2) is 4.79 Å². The van der Waals surface area contributed by atoms with Crippen molar-refractivity contribution in [3.8, 4) is 0 Å². The summed E-state index contributed by atoms with van der Waals surface area (Å²) in [5.41, 5.74) is 16.5. The van der Waals surface area contributed by atoms with E-state index in [-0.39, 0.29) is 43.6 Å². The smallest absolute Gasteiger partial charge is 0.326 e. The molecule has 0 aromatic carbocycles. The van der Waals surface area contributed by atoms with Crippen molar-refractivity contribution in [1.29, 1.82) is 0 Å². The lowest BCUT2D eigenvalue weighted by Crippen LogP contribution is -2.59. The van der Waals surface area contributed by atoms with E-state index < -0.39 is 139 Å². The van der Waals surface area contributed by atoms with Gasteiger partial charge in [0.2, 0.25) is 47.3 Å². The molecule has 0 unspecified atom stereocenters. The minimum Gasteiger partial charge on any atom is -0.481 e. The number of hydrogen-bond donors (Lipinski definition) is 14. The number of carboxylic acids is 2. The van der Waals surface area contributed by atoms with Crippen molar-refractivity contribution in [2.45, 2.75) is 130 Å². The molecular formula is C39H70N12O13. The van der Waals surface area contributed by atoms with E-state index in [1.165, 1.54) is 0 Å². The Morgan fingerprint density at radius 3 is 1.41 bits per heavy atom. The summed E-state index contributed by atoms with van der Waals surface area (Å²) in [4.78, 5) is 131. The van der Waals surface area contributed by atoms with Gasteiger partial charge in [-0.1, -0.05) is 55.4 Å². The molecule has 0 aromatic rings. The van der Waals surface area contributed by atoms with Gasteiger partial charge in [0.25, 0.3) is 0 Å². The predicted octanol–water partition coefficient (Wildman–Crippen LogP) is -4.54. The van der Waals surface area contributed by atoms with Crippen LogP contribution in [0.15, 0.2) is 4.99 Å². The van der Waals surface area contributed by atoms with Crippen LogP contribution in [-0.4, -0.2) is 149 Å². The summed E-state index contributed by atoms with van der Waals surface area (Å²) in [5, 5.41) is 47.6. The highest BCUT2D eigenvalue weighted by Crippen LogP contribution is 2.10. The molecule has 25 heteroatoms. The van der Waals surface area contributed by atoms with E-state index in [2.05, 4.69) is 47.5 Å². The van der Waals surface area contributed by atoms with Crippen LogP contribution < -0.4 is 59.7 Å². The van der Waals surface area contributed by atoms with Gasteiger partial charge in [0, 0.05) is 6.54 Å². The highest BCUT2D eigenvalue weighted by atomic mass is 16.4. The van der Waals surface area contributed by atoms with Crippen molar-refractivity contribution >= 4 is 65.2 Å². The minimum absolute atomic E-state index is 0.0913. The van der Waals surface area contributed by atoms with E-state index in [4.69, 9.17) is 17.2 Å². The quantitative estimate of drug-likeness (QED) is 0.0183. The first-order valence-corrected chi connectivity index (χ1v) is 20.9. The van der Waals surface area contributed by atoms with E-state index in [1.807, 2.05) is 0 Å². The monoisotopic (exact) mass is 915 g/mol. The van der Waals surface area contributed by atoms with Gasteiger partial charge in [-0.3, -0.25) is 48.1 Å². The fraction of sp³-hybridized carbons (Fsp3) is 0.718. The van der Waals surface area contributed by atoms with E-state index in [9.17, 15) is 63.3 Å². The van der Waals surface area contributed by atoms with E-state index in [0.717, 1.165) is 0 Å². The number of carbonyl (C=O) groups excluding carboxylic acids is 8. The lowest BCUT2D eigenvalue weighted by atomic mass is 10.00. The number of nitrogens with one attached hydrogen (secondary N) is 8. The van der Waals surface area contributed by atoms with Crippen LogP contribution in [0.4, 0.5) is 0 Å². The van der Waals surface area contributed by atoms with Crippen molar-refractivity contribution in [3.05, 3.63) is 0 Å². The van der Waals surface area contributed by atoms with Crippen LogP contribution >= 0.6 is 0 Å². The largest absolute Gasteiger partial charge is 0.481 e. The molecule has 0 heterocycles. The molecule has 0 bridgehead atoms. The zero-order valence-corrected chi connectivity index (χ0v) is 37.8. The SMILES string of the molecule is CC(C)C[C@H](NC(=O)[C@@H](NC(=O)CNC(=O)[C@H](CC(=O)O)NC(=O)[C@H](CO)NC(=O)[C@H](CC(C)C)NC(=O)[C@@H](N)CCCN=C(N)N)C(C)C)C(=O)NCC(=O)N[C@H](C(=O)O)C(C)C. The maximum Gasteiger partial charge on any atom is 0.326 e. The van der Waals surface area contributed by atoms with Crippen molar-refractivity contribution in [2.24, 2.45) is 45.9 Å². The predicted molar refractivity (Wildman–Crippen MR) is 231 cm³/mol. The van der Waals surface area contributed by atoms with E-state index in [0.29, 0.717) is 6.42 Å². The van der Waals surface area contributed by atoms with Gasteiger partial charge in [-0.15, -0.1) is 0 Å². The second-order valence-electron chi connectivity index (χ2n) is 16.7. The number of carbonyl (C=O) groups is 10.